The van der Waals surface area contributed by atoms with Gasteiger partial charge >= 0.3 is 0 Å². The Labute approximate surface area is 125 Å². The van der Waals surface area contributed by atoms with Gasteiger partial charge in [0, 0.05) is 23.9 Å². The summed E-state index contributed by atoms with van der Waals surface area (Å²) in [7, 11) is 0. The van der Waals surface area contributed by atoms with Gasteiger partial charge in [0.05, 0.1) is 5.52 Å². The van der Waals surface area contributed by atoms with Crippen LogP contribution in [0.25, 0.3) is 10.9 Å². The number of aryl methyl sites for hydroxylation is 1. The standard InChI is InChI=1S/C17H21ClN2/c1-13-11-14-7-4-5-9-16(14)19-17(13)20-10-6-2-3-8-15(20)12-18/h4-5,7,9,11,15H,2-3,6,8,10,12H2,1H3. The van der Waals surface area contributed by atoms with Gasteiger partial charge in [0.2, 0.25) is 0 Å². The number of hydrogen-bond donors (Lipinski definition) is 0. The van der Waals surface area contributed by atoms with Gasteiger partial charge in [-0.3, -0.25) is 0 Å². The molecule has 0 N–H and O–H groups in total. The first-order valence-corrected chi connectivity index (χ1v) is 8.02. The van der Waals surface area contributed by atoms with Gasteiger partial charge in [-0.1, -0.05) is 31.0 Å². The molecule has 0 spiro atoms. The van der Waals surface area contributed by atoms with Gasteiger partial charge in [-0.2, -0.15) is 0 Å². The quantitative estimate of drug-likeness (QED) is 0.755. The minimum absolute atomic E-state index is 0.423. The summed E-state index contributed by atoms with van der Waals surface area (Å²) in [5.41, 5.74) is 2.33. The van der Waals surface area contributed by atoms with Crippen LogP contribution in [0.5, 0.6) is 0 Å². The molecule has 1 aliphatic rings. The average molecular weight is 289 g/mol. The zero-order valence-electron chi connectivity index (χ0n) is 12.0. The average Bonchev–Trinajstić information content (AvgIpc) is 2.71. The first-order valence-electron chi connectivity index (χ1n) is 7.48. The molecule has 1 saturated heterocycles. The number of benzene rings is 1. The highest BCUT2D eigenvalue weighted by atomic mass is 35.5. The summed E-state index contributed by atoms with van der Waals surface area (Å²) in [5.74, 6) is 1.81. The second-order valence-corrected chi connectivity index (χ2v) is 5.98. The maximum Gasteiger partial charge on any atom is 0.132 e. The van der Waals surface area contributed by atoms with E-state index >= 15 is 0 Å². The van der Waals surface area contributed by atoms with Crippen molar-refractivity contribution in [1.82, 2.24) is 4.98 Å². The van der Waals surface area contributed by atoms with E-state index < -0.39 is 0 Å². The molecule has 0 aliphatic carbocycles. The lowest BCUT2D eigenvalue weighted by Crippen LogP contribution is -2.37. The molecule has 0 radical (unpaired) electrons. The molecule has 1 aromatic heterocycles. The second kappa shape index (κ2) is 6.01. The van der Waals surface area contributed by atoms with Crippen LogP contribution in [-0.2, 0) is 0 Å². The predicted molar refractivity (Wildman–Crippen MR) is 86.8 cm³/mol. The largest absolute Gasteiger partial charge is 0.352 e. The molecule has 3 heteroatoms. The number of hydrogen-bond acceptors (Lipinski definition) is 2. The van der Waals surface area contributed by atoms with Crippen molar-refractivity contribution in [1.29, 1.82) is 0 Å². The van der Waals surface area contributed by atoms with Crippen LogP contribution in [0.2, 0.25) is 0 Å². The highest BCUT2D eigenvalue weighted by Crippen LogP contribution is 2.28. The summed E-state index contributed by atoms with van der Waals surface area (Å²) in [6.45, 7) is 3.23. The van der Waals surface area contributed by atoms with Crippen LogP contribution in [0, 0.1) is 6.92 Å². The lowest BCUT2D eigenvalue weighted by molar-refractivity contribution is 0.615. The van der Waals surface area contributed by atoms with Crippen molar-refractivity contribution >= 4 is 28.3 Å². The van der Waals surface area contributed by atoms with Gasteiger partial charge < -0.3 is 4.90 Å². The maximum absolute atomic E-state index is 6.20. The number of nitrogens with zero attached hydrogens (tertiary/aromatic N) is 2. The van der Waals surface area contributed by atoms with Crippen LogP contribution < -0.4 is 4.90 Å². The summed E-state index contributed by atoms with van der Waals surface area (Å²) >= 11 is 6.20. The number of fused-ring (bicyclic) bond motifs is 1. The van der Waals surface area contributed by atoms with Gasteiger partial charge in [-0.05, 0) is 37.5 Å². The van der Waals surface area contributed by atoms with Crippen molar-refractivity contribution in [3.05, 3.63) is 35.9 Å². The summed E-state index contributed by atoms with van der Waals surface area (Å²) < 4.78 is 0. The van der Waals surface area contributed by atoms with E-state index in [9.17, 15) is 0 Å². The fourth-order valence-electron chi connectivity index (χ4n) is 3.12. The molecule has 1 unspecified atom stereocenters. The number of pyridine rings is 1. The first-order chi connectivity index (χ1) is 9.79. The smallest absolute Gasteiger partial charge is 0.132 e. The molecule has 1 fully saturated rings. The van der Waals surface area contributed by atoms with E-state index in [0.29, 0.717) is 11.9 Å². The number of aromatic nitrogens is 1. The highest BCUT2D eigenvalue weighted by Gasteiger charge is 2.23. The molecule has 2 heterocycles. The Hall–Kier alpha value is -1.28. The number of halogens is 1. The minimum Gasteiger partial charge on any atom is -0.352 e. The number of anilines is 1. The van der Waals surface area contributed by atoms with E-state index in [-0.39, 0.29) is 0 Å². The van der Waals surface area contributed by atoms with Crippen molar-refractivity contribution in [2.75, 3.05) is 17.3 Å². The fraction of sp³-hybridized carbons (Fsp3) is 0.471. The zero-order valence-corrected chi connectivity index (χ0v) is 12.7. The summed E-state index contributed by atoms with van der Waals surface area (Å²) in [6.07, 6.45) is 5.00. The third-order valence-corrected chi connectivity index (χ3v) is 4.57. The number of alkyl halides is 1. The van der Waals surface area contributed by atoms with Crippen LogP contribution in [-0.4, -0.2) is 23.5 Å². The van der Waals surface area contributed by atoms with Crippen LogP contribution >= 0.6 is 11.6 Å². The van der Waals surface area contributed by atoms with Crippen molar-refractivity contribution in [2.45, 2.75) is 38.6 Å². The van der Waals surface area contributed by atoms with Gasteiger partial charge in [0.15, 0.2) is 0 Å². The zero-order chi connectivity index (χ0) is 13.9. The van der Waals surface area contributed by atoms with E-state index in [1.54, 1.807) is 0 Å². The lowest BCUT2D eigenvalue weighted by atomic mass is 10.1. The molecule has 1 aromatic carbocycles. The van der Waals surface area contributed by atoms with Gasteiger partial charge in [0.1, 0.15) is 5.82 Å². The molecule has 0 saturated carbocycles. The van der Waals surface area contributed by atoms with Gasteiger partial charge in [-0.25, -0.2) is 4.98 Å². The Kier molecular flexibility index (Phi) is 4.11. The summed E-state index contributed by atoms with van der Waals surface area (Å²) in [4.78, 5) is 7.34. The number of para-hydroxylation sites is 1. The van der Waals surface area contributed by atoms with E-state index in [1.807, 2.05) is 0 Å². The number of rotatable bonds is 2. The molecular weight excluding hydrogens is 268 g/mol. The second-order valence-electron chi connectivity index (χ2n) is 5.67. The van der Waals surface area contributed by atoms with Crippen molar-refractivity contribution in [3.8, 4) is 0 Å². The Morgan fingerprint density at radius 3 is 2.95 bits per heavy atom. The molecule has 20 heavy (non-hydrogen) atoms. The fourth-order valence-corrected chi connectivity index (χ4v) is 3.44. The van der Waals surface area contributed by atoms with Crippen molar-refractivity contribution in [3.63, 3.8) is 0 Å². The van der Waals surface area contributed by atoms with E-state index in [0.717, 1.165) is 17.9 Å². The highest BCUT2D eigenvalue weighted by molar-refractivity contribution is 6.18. The Morgan fingerprint density at radius 2 is 2.10 bits per heavy atom. The Bertz CT molecular complexity index is 597. The molecule has 3 rings (SSSR count). The molecule has 1 atom stereocenters. The van der Waals surface area contributed by atoms with Crippen LogP contribution in [0.15, 0.2) is 30.3 Å². The van der Waals surface area contributed by atoms with E-state index in [2.05, 4.69) is 42.2 Å². The first kappa shape index (κ1) is 13.7. The lowest BCUT2D eigenvalue weighted by Gasteiger charge is -2.31. The normalized spacial score (nSPS) is 20.1. The molecule has 1 aliphatic heterocycles. The van der Waals surface area contributed by atoms with E-state index in [1.165, 1.54) is 36.6 Å². The van der Waals surface area contributed by atoms with Gasteiger partial charge in [0.25, 0.3) is 0 Å². The van der Waals surface area contributed by atoms with Crippen molar-refractivity contribution in [2.24, 2.45) is 0 Å². The SMILES string of the molecule is Cc1cc2ccccc2nc1N1CCCCCC1CCl. The minimum atomic E-state index is 0.423. The summed E-state index contributed by atoms with van der Waals surface area (Å²) in [6, 6.07) is 11.0. The monoisotopic (exact) mass is 288 g/mol. The van der Waals surface area contributed by atoms with Crippen LogP contribution in [0.1, 0.15) is 31.2 Å². The predicted octanol–water partition coefficient (Wildman–Crippen LogP) is 4.53. The molecule has 106 valence electrons. The molecule has 2 nitrogen and oxygen atoms in total. The third kappa shape index (κ3) is 2.62. The molecule has 0 amide bonds. The Morgan fingerprint density at radius 1 is 1.25 bits per heavy atom. The molecule has 2 aromatic rings. The van der Waals surface area contributed by atoms with Crippen molar-refractivity contribution < 1.29 is 0 Å². The Balaban J connectivity index is 2.04. The maximum atomic E-state index is 6.20. The van der Waals surface area contributed by atoms with Gasteiger partial charge in [-0.15, -0.1) is 11.6 Å². The van der Waals surface area contributed by atoms with Crippen LogP contribution in [0.3, 0.4) is 0 Å². The topological polar surface area (TPSA) is 16.1 Å². The van der Waals surface area contributed by atoms with E-state index in [4.69, 9.17) is 16.6 Å². The third-order valence-electron chi connectivity index (χ3n) is 4.22. The summed E-state index contributed by atoms with van der Waals surface area (Å²) in [5, 5.41) is 1.21. The molecule has 0 bridgehead atoms. The molecular formula is C17H21ClN2. The van der Waals surface area contributed by atoms with Crippen LogP contribution in [0.4, 0.5) is 5.82 Å².